The number of H-pyrrole nitrogens is 1. The minimum Gasteiger partial charge on any atom is -0.486 e. The maximum atomic E-state index is 12.8. The molecule has 0 atom stereocenters. The monoisotopic (exact) mass is 552 g/mol. The third kappa shape index (κ3) is 9.38. The largest absolute Gasteiger partial charge is 0.534 e. The fourth-order valence-electron chi connectivity index (χ4n) is 4.01. The van der Waals surface area contributed by atoms with Crippen LogP contribution >= 0.6 is 0 Å². The molecule has 0 fully saturated rings. The number of hydrogen-bond acceptors (Lipinski definition) is 5. The molecule has 2 heterocycles. The predicted octanol–water partition coefficient (Wildman–Crippen LogP) is 7.81. The average molecular weight is 553 g/mol. The lowest BCUT2D eigenvalue weighted by Gasteiger charge is -2.07. The van der Waals surface area contributed by atoms with Crippen molar-refractivity contribution in [3.8, 4) is 0 Å². The van der Waals surface area contributed by atoms with Crippen molar-refractivity contribution in [1.29, 1.82) is 0 Å². The first kappa shape index (κ1) is 29.5. The van der Waals surface area contributed by atoms with E-state index in [4.69, 9.17) is 4.74 Å². The van der Waals surface area contributed by atoms with Crippen LogP contribution in [0.1, 0.15) is 81.7 Å². The maximum absolute atomic E-state index is 12.8. The Labute approximate surface area is 222 Å². The first-order valence-corrected chi connectivity index (χ1v) is 14.5. The van der Waals surface area contributed by atoms with Gasteiger partial charge >= 0.3 is 15.6 Å². The van der Waals surface area contributed by atoms with Crippen molar-refractivity contribution >= 4 is 22.1 Å². The summed E-state index contributed by atoms with van der Waals surface area (Å²) in [5.41, 5.74) is -2.88. The summed E-state index contributed by atoms with van der Waals surface area (Å²) in [6.45, 7) is 2.34. The lowest BCUT2D eigenvalue weighted by molar-refractivity contribution is -0.0504. The van der Waals surface area contributed by atoms with Gasteiger partial charge in [0.05, 0.1) is 0 Å². The number of aryl methyl sites for hydroxylation is 1. The lowest BCUT2D eigenvalue weighted by Crippen LogP contribution is -2.27. The summed E-state index contributed by atoms with van der Waals surface area (Å²) in [5.74, 6) is -0.602. The van der Waals surface area contributed by atoms with Gasteiger partial charge in [0.2, 0.25) is 5.90 Å². The zero-order valence-corrected chi connectivity index (χ0v) is 22.4. The molecule has 1 aliphatic heterocycles. The Kier molecular flexibility index (Phi) is 11.1. The SMILES string of the molecule is CCCCCCCCCCCc1ccc(/C=C2\N=C(OS(=O)(=O)C(F)(F)F)C=C2OCc2ccccc2)[nH]1. The highest BCUT2D eigenvalue weighted by Gasteiger charge is 2.49. The zero-order valence-electron chi connectivity index (χ0n) is 21.6. The van der Waals surface area contributed by atoms with E-state index in [9.17, 15) is 21.6 Å². The number of aliphatic imine (C=N–C) groups is 1. The second kappa shape index (κ2) is 14.2. The van der Waals surface area contributed by atoms with Crippen molar-refractivity contribution in [1.82, 2.24) is 4.98 Å². The number of benzene rings is 1. The minimum atomic E-state index is -5.85. The molecule has 1 aliphatic rings. The van der Waals surface area contributed by atoms with E-state index < -0.39 is 21.5 Å². The van der Waals surface area contributed by atoms with Crippen LogP contribution in [-0.2, 0) is 32.1 Å². The smallest absolute Gasteiger partial charge is 0.486 e. The van der Waals surface area contributed by atoms with E-state index in [1.54, 1.807) is 6.08 Å². The Balaban J connectivity index is 1.61. The molecule has 0 amide bonds. The summed E-state index contributed by atoms with van der Waals surface area (Å²) in [7, 11) is -5.85. The average Bonchev–Trinajstić information content (AvgIpc) is 3.47. The van der Waals surface area contributed by atoms with Crippen LogP contribution in [0.5, 0.6) is 0 Å². The van der Waals surface area contributed by atoms with Crippen LogP contribution in [0.25, 0.3) is 6.08 Å². The molecule has 38 heavy (non-hydrogen) atoms. The third-order valence-electron chi connectivity index (χ3n) is 6.06. The Hall–Kier alpha value is -3.01. The van der Waals surface area contributed by atoms with Gasteiger partial charge in [-0.2, -0.15) is 21.6 Å². The van der Waals surface area contributed by atoms with E-state index in [0.717, 1.165) is 36.6 Å². The van der Waals surface area contributed by atoms with Crippen LogP contribution in [0, 0.1) is 0 Å². The number of nitrogens with one attached hydrogen (secondary N) is 1. The van der Waals surface area contributed by atoms with Crippen LogP contribution < -0.4 is 0 Å². The number of ether oxygens (including phenoxy) is 1. The lowest BCUT2D eigenvalue weighted by atomic mass is 10.1. The number of hydrogen-bond donors (Lipinski definition) is 1. The Morgan fingerprint density at radius 1 is 0.921 bits per heavy atom. The van der Waals surface area contributed by atoms with Crippen LogP contribution in [0.15, 0.2) is 65.0 Å². The topological polar surface area (TPSA) is 80.8 Å². The van der Waals surface area contributed by atoms with Crippen molar-refractivity contribution in [2.75, 3.05) is 0 Å². The van der Waals surface area contributed by atoms with Crippen LogP contribution in [0.3, 0.4) is 0 Å². The quantitative estimate of drug-likeness (QED) is 0.139. The van der Waals surface area contributed by atoms with E-state index in [0.29, 0.717) is 5.69 Å². The van der Waals surface area contributed by atoms with E-state index in [2.05, 4.69) is 21.1 Å². The molecule has 3 rings (SSSR count). The fraction of sp³-hybridized carbons (Fsp3) is 0.464. The van der Waals surface area contributed by atoms with Crippen molar-refractivity contribution in [2.24, 2.45) is 4.99 Å². The highest BCUT2D eigenvalue weighted by atomic mass is 32.2. The second-order valence-electron chi connectivity index (χ2n) is 9.26. The number of aromatic amines is 1. The van der Waals surface area contributed by atoms with E-state index in [1.807, 2.05) is 42.5 Å². The van der Waals surface area contributed by atoms with Gasteiger partial charge in [-0.3, -0.25) is 0 Å². The van der Waals surface area contributed by atoms with Gasteiger partial charge in [0.1, 0.15) is 12.3 Å². The summed E-state index contributed by atoms with van der Waals surface area (Å²) < 4.78 is 71.3. The van der Waals surface area contributed by atoms with Gasteiger partial charge < -0.3 is 13.9 Å². The summed E-state index contributed by atoms with van der Waals surface area (Å²) in [4.78, 5) is 7.23. The van der Waals surface area contributed by atoms with Gasteiger partial charge in [-0.25, -0.2) is 4.99 Å². The molecule has 6 nitrogen and oxygen atoms in total. The molecule has 1 aromatic carbocycles. The molecular formula is C28H35F3N2O4S. The molecule has 0 saturated heterocycles. The van der Waals surface area contributed by atoms with Crippen LogP contribution in [-0.4, -0.2) is 24.8 Å². The van der Waals surface area contributed by atoms with Crippen LogP contribution in [0.2, 0.25) is 0 Å². The van der Waals surface area contributed by atoms with Crippen molar-refractivity contribution in [3.63, 3.8) is 0 Å². The predicted molar refractivity (Wildman–Crippen MR) is 143 cm³/mol. The summed E-state index contributed by atoms with van der Waals surface area (Å²) in [5, 5.41) is 0. The number of nitrogens with zero attached hydrogens (tertiary/aromatic N) is 1. The zero-order chi connectivity index (χ0) is 27.4. The highest BCUT2D eigenvalue weighted by Crippen LogP contribution is 2.29. The normalized spacial score (nSPS) is 15.0. The van der Waals surface area contributed by atoms with E-state index in [-0.39, 0.29) is 18.1 Å². The van der Waals surface area contributed by atoms with Gasteiger partial charge in [0, 0.05) is 17.5 Å². The molecule has 0 saturated carbocycles. The first-order valence-electron chi connectivity index (χ1n) is 13.1. The third-order valence-corrected chi connectivity index (χ3v) is 7.02. The molecule has 0 bridgehead atoms. The van der Waals surface area contributed by atoms with Crippen LogP contribution in [0.4, 0.5) is 13.2 Å². The van der Waals surface area contributed by atoms with E-state index in [1.165, 1.54) is 44.9 Å². The first-order chi connectivity index (χ1) is 18.2. The van der Waals surface area contributed by atoms with Gasteiger partial charge in [-0.1, -0.05) is 88.6 Å². The second-order valence-corrected chi connectivity index (χ2v) is 10.8. The molecule has 0 spiro atoms. The summed E-state index contributed by atoms with van der Waals surface area (Å²) in [6.07, 6.45) is 14.7. The molecular weight excluding hydrogens is 517 g/mol. The Bertz CT molecular complexity index is 1220. The number of unbranched alkanes of at least 4 members (excludes halogenated alkanes) is 8. The fourth-order valence-corrected chi connectivity index (χ4v) is 4.42. The van der Waals surface area contributed by atoms with Crippen molar-refractivity contribution in [2.45, 2.75) is 83.2 Å². The number of alkyl halides is 3. The van der Waals surface area contributed by atoms with Gasteiger partial charge in [0.25, 0.3) is 0 Å². The van der Waals surface area contributed by atoms with Gasteiger partial charge in [-0.15, -0.1) is 0 Å². The molecule has 1 N–H and O–H groups in total. The molecule has 1 aromatic heterocycles. The molecule has 208 valence electrons. The van der Waals surface area contributed by atoms with Crippen molar-refractivity contribution < 1.29 is 30.5 Å². The molecule has 0 aliphatic carbocycles. The number of aromatic nitrogens is 1. The number of halogens is 3. The minimum absolute atomic E-state index is 0.108. The van der Waals surface area contributed by atoms with Gasteiger partial charge in [0.15, 0.2) is 5.76 Å². The Morgan fingerprint density at radius 2 is 1.58 bits per heavy atom. The van der Waals surface area contributed by atoms with E-state index >= 15 is 0 Å². The highest BCUT2D eigenvalue weighted by molar-refractivity contribution is 7.88. The van der Waals surface area contributed by atoms with Crippen molar-refractivity contribution in [3.05, 3.63) is 76.9 Å². The Morgan fingerprint density at radius 3 is 2.24 bits per heavy atom. The molecule has 10 heteroatoms. The summed E-state index contributed by atoms with van der Waals surface area (Å²) in [6, 6.07) is 12.9. The molecule has 0 unspecified atom stereocenters. The number of rotatable bonds is 15. The summed E-state index contributed by atoms with van der Waals surface area (Å²) >= 11 is 0. The molecule has 0 radical (unpaired) electrons. The van der Waals surface area contributed by atoms with Gasteiger partial charge in [-0.05, 0) is 36.6 Å². The molecule has 2 aromatic rings. The maximum Gasteiger partial charge on any atom is 0.534 e. The standard InChI is InChI=1S/C28H35F3N2O4S/c1-2-3-4-5-6-7-8-9-13-16-23-17-18-24(32-23)19-25-26(36-21-22-14-11-10-12-15-22)20-27(33-25)37-38(34,35)28(29,30)31/h10-12,14-15,17-20,32H,2-9,13,16,21H2,1H3/b25-19-.